The van der Waals surface area contributed by atoms with Gasteiger partial charge in [-0.15, -0.1) is 0 Å². The molecule has 0 heterocycles. The molecule has 19 heavy (non-hydrogen) atoms. The van der Waals surface area contributed by atoms with Gasteiger partial charge in [0.25, 0.3) is 0 Å². The summed E-state index contributed by atoms with van der Waals surface area (Å²) in [4.78, 5) is 0. The standard InChI is InChI=1S/C14H28O5/c1-2-3-4-16-5-6-17-7-8-18-9-10-19-14-11-13(15)12-14/h13-15H,2-12H2,1H3. The summed E-state index contributed by atoms with van der Waals surface area (Å²) in [5.74, 6) is 0. The molecule has 1 aliphatic carbocycles. The molecular weight excluding hydrogens is 248 g/mol. The Morgan fingerprint density at radius 3 is 1.89 bits per heavy atom. The molecule has 0 radical (unpaired) electrons. The van der Waals surface area contributed by atoms with E-state index in [1.807, 2.05) is 0 Å². The first-order chi connectivity index (χ1) is 9.33. The lowest BCUT2D eigenvalue weighted by molar-refractivity contribution is -0.0863. The number of unbranched alkanes of at least 4 members (excludes halogenated alkanes) is 1. The van der Waals surface area contributed by atoms with Gasteiger partial charge in [0.15, 0.2) is 0 Å². The number of rotatable bonds is 13. The van der Waals surface area contributed by atoms with Crippen molar-refractivity contribution in [3.05, 3.63) is 0 Å². The monoisotopic (exact) mass is 276 g/mol. The van der Waals surface area contributed by atoms with E-state index in [1.165, 1.54) is 0 Å². The molecule has 5 nitrogen and oxygen atoms in total. The largest absolute Gasteiger partial charge is 0.393 e. The maximum atomic E-state index is 9.07. The average Bonchev–Trinajstić information content (AvgIpc) is 2.37. The minimum Gasteiger partial charge on any atom is -0.393 e. The number of aliphatic hydroxyl groups is 1. The Labute approximate surface area is 116 Å². The smallest absolute Gasteiger partial charge is 0.0704 e. The van der Waals surface area contributed by atoms with Crippen LogP contribution in [0.25, 0.3) is 0 Å². The van der Waals surface area contributed by atoms with E-state index in [1.54, 1.807) is 0 Å². The van der Waals surface area contributed by atoms with Crippen molar-refractivity contribution in [2.24, 2.45) is 0 Å². The molecule has 1 fully saturated rings. The topological polar surface area (TPSA) is 57.2 Å². The Morgan fingerprint density at radius 1 is 0.842 bits per heavy atom. The zero-order valence-corrected chi connectivity index (χ0v) is 12.0. The highest BCUT2D eigenvalue weighted by Gasteiger charge is 2.27. The minimum atomic E-state index is -0.154. The molecule has 0 aliphatic heterocycles. The molecule has 5 heteroatoms. The first-order valence-electron chi connectivity index (χ1n) is 7.35. The summed E-state index contributed by atoms with van der Waals surface area (Å²) in [6.45, 7) is 6.62. The molecule has 0 aromatic heterocycles. The van der Waals surface area contributed by atoms with Gasteiger partial charge in [-0.1, -0.05) is 13.3 Å². The van der Waals surface area contributed by atoms with Gasteiger partial charge in [-0.2, -0.15) is 0 Å². The van der Waals surface area contributed by atoms with Gasteiger partial charge < -0.3 is 24.1 Å². The predicted octanol–water partition coefficient (Wildman–Crippen LogP) is 1.38. The van der Waals surface area contributed by atoms with Crippen molar-refractivity contribution in [1.29, 1.82) is 0 Å². The van der Waals surface area contributed by atoms with Crippen molar-refractivity contribution in [2.45, 2.75) is 44.8 Å². The van der Waals surface area contributed by atoms with Crippen molar-refractivity contribution < 1.29 is 24.1 Å². The van der Waals surface area contributed by atoms with Gasteiger partial charge in [0.05, 0.1) is 51.8 Å². The van der Waals surface area contributed by atoms with Crippen LogP contribution in [-0.2, 0) is 18.9 Å². The van der Waals surface area contributed by atoms with Crippen molar-refractivity contribution in [2.75, 3.05) is 46.2 Å². The summed E-state index contributed by atoms with van der Waals surface area (Å²) >= 11 is 0. The van der Waals surface area contributed by atoms with Gasteiger partial charge in [0.1, 0.15) is 0 Å². The van der Waals surface area contributed by atoms with Crippen LogP contribution in [0.2, 0.25) is 0 Å². The lowest BCUT2D eigenvalue weighted by Gasteiger charge is -2.31. The molecule has 0 saturated heterocycles. The third kappa shape index (κ3) is 9.35. The molecule has 1 aliphatic rings. The van der Waals surface area contributed by atoms with Gasteiger partial charge in [0.2, 0.25) is 0 Å². The summed E-state index contributed by atoms with van der Waals surface area (Å²) in [5.41, 5.74) is 0. The zero-order chi connectivity index (χ0) is 13.8. The molecule has 0 bridgehead atoms. The number of aliphatic hydroxyl groups excluding tert-OH is 1. The van der Waals surface area contributed by atoms with E-state index in [9.17, 15) is 0 Å². The fraction of sp³-hybridized carbons (Fsp3) is 1.00. The Balaban J connectivity index is 1.65. The van der Waals surface area contributed by atoms with E-state index < -0.39 is 0 Å². The normalized spacial score (nSPS) is 22.4. The van der Waals surface area contributed by atoms with Crippen LogP contribution in [0, 0.1) is 0 Å². The molecule has 1 rings (SSSR count). The third-order valence-electron chi connectivity index (χ3n) is 3.04. The van der Waals surface area contributed by atoms with Crippen LogP contribution in [0.4, 0.5) is 0 Å². The van der Waals surface area contributed by atoms with E-state index in [0.717, 1.165) is 32.3 Å². The molecule has 0 unspecified atom stereocenters. The molecular formula is C14H28O5. The summed E-state index contributed by atoms with van der Waals surface area (Å²) in [6.07, 6.45) is 3.88. The van der Waals surface area contributed by atoms with Crippen LogP contribution in [0.15, 0.2) is 0 Å². The van der Waals surface area contributed by atoms with Crippen LogP contribution in [-0.4, -0.2) is 63.6 Å². The Hall–Kier alpha value is -0.200. The molecule has 1 saturated carbocycles. The second kappa shape index (κ2) is 11.6. The predicted molar refractivity (Wildman–Crippen MR) is 72.3 cm³/mol. The van der Waals surface area contributed by atoms with Crippen molar-refractivity contribution in [1.82, 2.24) is 0 Å². The zero-order valence-electron chi connectivity index (χ0n) is 12.0. The average molecular weight is 276 g/mol. The highest BCUT2D eigenvalue weighted by atomic mass is 16.6. The molecule has 0 atom stereocenters. The van der Waals surface area contributed by atoms with Crippen LogP contribution >= 0.6 is 0 Å². The second-order valence-corrected chi connectivity index (χ2v) is 4.81. The van der Waals surface area contributed by atoms with Crippen LogP contribution < -0.4 is 0 Å². The summed E-state index contributed by atoms with van der Waals surface area (Å²) in [5, 5.41) is 9.07. The van der Waals surface area contributed by atoms with Gasteiger partial charge in [0, 0.05) is 6.61 Å². The van der Waals surface area contributed by atoms with Gasteiger partial charge in [-0.3, -0.25) is 0 Å². The lowest BCUT2D eigenvalue weighted by atomic mass is 9.92. The molecule has 1 N–H and O–H groups in total. The minimum absolute atomic E-state index is 0.154. The summed E-state index contributed by atoms with van der Waals surface area (Å²) < 4.78 is 21.6. The fourth-order valence-electron chi connectivity index (χ4n) is 1.74. The maximum Gasteiger partial charge on any atom is 0.0704 e. The van der Waals surface area contributed by atoms with E-state index in [-0.39, 0.29) is 12.2 Å². The Bertz CT molecular complexity index is 194. The van der Waals surface area contributed by atoms with Crippen LogP contribution in [0.1, 0.15) is 32.6 Å². The second-order valence-electron chi connectivity index (χ2n) is 4.81. The van der Waals surface area contributed by atoms with Crippen molar-refractivity contribution in [3.63, 3.8) is 0 Å². The van der Waals surface area contributed by atoms with Crippen LogP contribution in [0.3, 0.4) is 0 Å². The fourth-order valence-corrected chi connectivity index (χ4v) is 1.74. The summed E-state index contributed by atoms with van der Waals surface area (Å²) in [7, 11) is 0. The van der Waals surface area contributed by atoms with Crippen molar-refractivity contribution >= 4 is 0 Å². The maximum absolute atomic E-state index is 9.07. The highest BCUT2D eigenvalue weighted by molar-refractivity contribution is 4.78. The number of hydrogen-bond donors (Lipinski definition) is 1. The van der Waals surface area contributed by atoms with E-state index >= 15 is 0 Å². The molecule has 114 valence electrons. The molecule has 0 amide bonds. The number of hydrogen-bond acceptors (Lipinski definition) is 5. The van der Waals surface area contributed by atoms with E-state index in [4.69, 9.17) is 24.1 Å². The van der Waals surface area contributed by atoms with Gasteiger partial charge in [-0.25, -0.2) is 0 Å². The summed E-state index contributed by atoms with van der Waals surface area (Å²) in [6, 6.07) is 0. The van der Waals surface area contributed by atoms with E-state index in [2.05, 4.69) is 6.92 Å². The lowest BCUT2D eigenvalue weighted by Crippen LogP contribution is -2.36. The van der Waals surface area contributed by atoms with E-state index in [0.29, 0.717) is 39.6 Å². The SMILES string of the molecule is CCCCOCCOCCOCCOC1CC(O)C1. The molecule has 0 spiro atoms. The van der Waals surface area contributed by atoms with Crippen molar-refractivity contribution in [3.8, 4) is 0 Å². The highest BCUT2D eigenvalue weighted by Crippen LogP contribution is 2.22. The molecule has 0 aromatic carbocycles. The number of ether oxygens (including phenoxy) is 4. The van der Waals surface area contributed by atoms with Gasteiger partial charge in [-0.05, 0) is 19.3 Å². The Morgan fingerprint density at radius 2 is 1.37 bits per heavy atom. The first kappa shape index (κ1) is 16.9. The third-order valence-corrected chi connectivity index (χ3v) is 3.04. The quantitative estimate of drug-likeness (QED) is 0.515. The Kier molecular flexibility index (Phi) is 10.3. The molecule has 0 aromatic rings. The van der Waals surface area contributed by atoms with Gasteiger partial charge >= 0.3 is 0 Å². The van der Waals surface area contributed by atoms with Crippen LogP contribution in [0.5, 0.6) is 0 Å². The first-order valence-corrected chi connectivity index (χ1v) is 7.35.